The van der Waals surface area contributed by atoms with Crippen molar-refractivity contribution in [1.29, 1.82) is 0 Å². The van der Waals surface area contributed by atoms with Gasteiger partial charge in [0.05, 0.1) is 18.5 Å². The van der Waals surface area contributed by atoms with Gasteiger partial charge in [-0.1, -0.05) is 0 Å². The second-order valence-electron chi connectivity index (χ2n) is 3.40. The molecule has 0 aliphatic heterocycles. The SMILES string of the molecule is Nc1ccc(C(=O)NCCOCC(F)(F)F)nc1. The van der Waals surface area contributed by atoms with Crippen LogP contribution in [0.2, 0.25) is 0 Å². The molecule has 3 N–H and O–H groups in total. The number of ether oxygens (including phenoxy) is 1. The Labute approximate surface area is 101 Å². The number of carbonyl (C=O) groups is 1. The fraction of sp³-hybridized carbons (Fsp3) is 0.400. The Morgan fingerprint density at radius 1 is 1.44 bits per heavy atom. The number of hydrogen-bond donors (Lipinski definition) is 2. The summed E-state index contributed by atoms with van der Waals surface area (Å²) in [6, 6.07) is 2.92. The first-order chi connectivity index (χ1) is 8.38. The molecule has 0 radical (unpaired) electrons. The van der Waals surface area contributed by atoms with E-state index in [9.17, 15) is 18.0 Å². The molecular formula is C10H12F3N3O2. The van der Waals surface area contributed by atoms with Crippen LogP contribution in [0.4, 0.5) is 18.9 Å². The number of anilines is 1. The van der Waals surface area contributed by atoms with Gasteiger partial charge in [0.2, 0.25) is 0 Å². The average Bonchev–Trinajstić information content (AvgIpc) is 2.27. The Hall–Kier alpha value is -1.83. The molecular weight excluding hydrogens is 251 g/mol. The van der Waals surface area contributed by atoms with Crippen molar-refractivity contribution in [2.75, 3.05) is 25.5 Å². The number of carbonyl (C=O) groups excluding carboxylic acids is 1. The predicted molar refractivity (Wildman–Crippen MR) is 57.9 cm³/mol. The number of nitrogens with zero attached hydrogens (tertiary/aromatic N) is 1. The van der Waals surface area contributed by atoms with Crippen LogP contribution >= 0.6 is 0 Å². The van der Waals surface area contributed by atoms with E-state index in [-0.39, 0.29) is 18.8 Å². The Morgan fingerprint density at radius 2 is 2.17 bits per heavy atom. The van der Waals surface area contributed by atoms with Gasteiger partial charge in [0.1, 0.15) is 12.3 Å². The van der Waals surface area contributed by atoms with Crippen molar-refractivity contribution in [3.63, 3.8) is 0 Å². The molecule has 0 saturated carbocycles. The summed E-state index contributed by atoms with van der Waals surface area (Å²) in [6.45, 7) is -1.58. The van der Waals surface area contributed by atoms with Crippen LogP contribution in [0.5, 0.6) is 0 Å². The lowest BCUT2D eigenvalue weighted by Gasteiger charge is -2.08. The first kappa shape index (κ1) is 14.2. The van der Waals surface area contributed by atoms with Crippen LogP contribution in [0, 0.1) is 0 Å². The van der Waals surface area contributed by atoms with E-state index in [0.29, 0.717) is 5.69 Å². The zero-order valence-corrected chi connectivity index (χ0v) is 9.33. The van der Waals surface area contributed by atoms with Gasteiger partial charge < -0.3 is 15.8 Å². The van der Waals surface area contributed by atoms with Gasteiger partial charge in [-0.15, -0.1) is 0 Å². The molecule has 1 aromatic rings. The molecule has 1 heterocycles. The van der Waals surface area contributed by atoms with Crippen LogP contribution in [0.1, 0.15) is 10.5 Å². The molecule has 100 valence electrons. The van der Waals surface area contributed by atoms with E-state index in [4.69, 9.17) is 5.73 Å². The lowest BCUT2D eigenvalue weighted by Crippen LogP contribution is -2.29. The topological polar surface area (TPSA) is 77.2 Å². The normalized spacial score (nSPS) is 11.3. The maximum Gasteiger partial charge on any atom is 0.411 e. The van der Waals surface area contributed by atoms with Crippen LogP contribution in [0.15, 0.2) is 18.3 Å². The van der Waals surface area contributed by atoms with Gasteiger partial charge in [-0.3, -0.25) is 4.79 Å². The highest BCUT2D eigenvalue weighted by atomic mass is 19.4. The van der Waals surface area contributed by atoms with Gasteiger partial charge in [0.15, 0.2) is 0 Å². The van der Waals surface area contributed by atoms with E-state index in [2.05, 4.69) is 15.0 Å². The van der Waals surface area contributed by atoms with Crippen molar-refractivity contribution in [2.45, 2.75) is 6.18 Å². The highest BCUT2D eigenvalue weighted by Crippen LogP contribution is 2.13. The van der Waals surface area contributed by atoms with Gasteiger partial charge in [-0.05, 0) is 12.1 Å². The largest absolute Gasteiger partial charge is 0.411 e. The summed E-state index contributed by atoms with van der Waals surface area (Å²) >= 11 is 0. The van der Waals surface area contributed by atoms with E-state index >= 15 is 0 Å². The summed E-state index contributed by atoms with van der Waals surface area (Å²) in [5.74, 6) is -0.495. The number of aromatic nitrogens is 1. The third-order valence-corrected chi connectivity index (χ3v) is 1.82. The van der Waals surface area contributed by atoms with Crippen molar-refractivity contribution in [3.8, 4) is 0 Å². The molecule has 0 bridgehead atoms. The number of amides is 1. The maximum atomic E-state index is 11.7. The van der Waals surface area contributed by atoms with E-state index in [0.717, 1.165) is 0 Å². The van der Waals surface area contributed by atoms with E-state index in [1.54, 1.807) is 0 Å². The third kappa shape index (κ3) is 5.48. The lowest BCUT2D eigenvalue weighted by atomic mass is 10.3. The van der Waals surface area contributed by atoms with Crippen molar-refractivity contribution >= 4 is 11.6 Å². The highest BCUT2D eigenvalue weighted by Gasteiger charge is 2.27. The number of alkyl halides is 3. The molecule has 1 rings (SSSR count). The molecule has 0 unspecified atom stereocenters. The molecule has 18 heavy (non-hydrogen) atoms. The van der Waals surface area contributed by atoms with Crippen molar-refractivity contribution in [2.24, 2.45) is 0 Å². The third-order valence-electron chi connectivity index (χ3n) is 1.82. The van der Waals surface area contributed by atoms with Gasteiger partial charge in [0.25, 0.3) is 5.91 Å². The summed E-state index contributed by atoms with van der Waals surface area (Å²) < 4.78 is 39.5. The summed E-state index contributed by atoms with van der Waals surface area (Å²) in [6.07, 6.45) is -3.04. The monoisotopic (exact) mass is 263 g/mol. The number of nitrogens with one attached hydrogen (secondary N) is 1. The molecule has 0 atom stereocenters. The van der Waals surface area contributed by atoms with E-state index in [1.165, 1.54) is 18.3 Å². The number of hydrogen-bond acceptors (Lipinski definition) is 4. The molecule has 0 spiro atoms. The van der Waals surface area contributed by atoms with E-state index in [1.807, 2.05) is 0 Å². The molecule has 0 fully saturated rings. The number of nitrogens with two attached hydrogens (primary N) is 1. The van der Waals surface area contributed by atoms with Crippen molar-refractivity contribution in [3.05, 3.63) is 24.0 Å². The number of nitrogen functional groups attached to an aromatic ring is 1. The first-order valence-electron chi connectivity index (χ1n) is 5.03. The molecule has 8 heteroatoms. The zero-order valence-electron chi connectivity index (χ0n) is 9.33. The molecule has 1 aromatic heterocycles. The van der Waals surface area contributed by atoms with Crippen LogP contribution in [-0.4, -0.2) is 36.8 Å². The Bertz CT molecular complexity index is 392. The molecule has 0 aromatic carbocycles. The summed E-state index contributed by atoms with van der Waals surface area (Å²) in [5.41, 5.74) is 5.94. The van der Waals surface area contributed by atoms with Gasteiger partial charge >= 0.3 is 6.18 Å². The second kappa shape index (κ2) is 6.20. The van der Waals surface area contributed by atoms with Crippen LogP contribution in [0.3, 0.4) is 0 Å². The summed E-state index contributed by atoms with van der Waals surface area (Å²) in [4.78, 5) is 15.2. The molecule has 1 amide bonds. The lowest BCUT2D eigenvalue weighted by molar-refractivity contribution is -0.173. The quantitative estimate of drug-likeness (QED) is 0.776. The minimum atomic E-state index is -4.36. The molecule has 0 saturated heterocycles. The van der Waals surface area contributed by atoms with Crippen LogP contribution < -0.4 is 11.1 Å². The van der Waals surface area contributed by atoms with Crippen LogP contribution in [-0.2, 0) is 4.74 Å². The molecule has 0 aliphatic rings. The number of halogens is 3. The Balaban J connectivity index is 2.24. The van der Waals surface area contributed by atoms with Gasteiger partial charge in [-0.2, -0.15) is 13.2 Å². The van der Waals surface area contributed by atoms with Crippen LogP contribution in [0.25, 0.3) is 0 Å². The Kier molecular flexibility index (Phi) is 4.90. The fourth-order valence-corrected chi connectivity index (χ4v) is 1.05. The minimum Gasteiger partial charge on any atom is -0.397 e. The fourth-order valence-electron chi connectivity index (χ4n) is 1.05. The summed E-state index contributed by atoms with van der Waals surface area (Å²) in [7, 11) is 0. The van der Waals surface area contributed by atoms with Crippen molar-refractivity contribution < 1.29 is 22.7 Å². The number of pyridine rings is 1. The molecule has 0 aliphatic carbocycles. The average molecular weight is 263 g/mol. The zero-order chi connectivity index (χ0) is 13.6. The molecule has 5 nitrogen and oxygen atoms in total. The highest BCUT2D eigenvalue weighted by molar-refractivity contribution is 5.92. The number of rotatable bonds is 5. The Morgan fingerprint density at radius 3 is 2.72 bits per heavy atom. The van der Waals surface area contributed by atoms with Gasteiger partial charge in [0, 0.05) is 6.54 Å². The van der Waals surface area contributed by atoms with Crippen molar-refractivity contribution in [1.82, 2.24) is 10.3 Å². The van der Waals surface area contributed by atoms with Gasteiger partial charge in [-0.25, -0.2) is 4.98 Å². The minimum absolute atomic E-state index is 0.0268. The first-order valence-corrected chi connectivity index (χ1v) is 5.03. The summed E-state index contributed by atoms with van der Waals surface area (Å²) in [5, 5.41) is 2.37. The second-order valence-corrected chi connectivity index (χ2v) is 3.40. The standard InChI is InChI=1S/C10H12F3N3O2/c11-10(12,13)6-18-4-3-15-9(17)8-2-1-7(14)5-16-8/h1-2,5H,3-4,6,14H2,(H,15,17). The predicted octanol–water partition coefficient (Wildman–Crippen LogP) is 0.973. The smallest absolute Gasteiger partial charge is 0.397 e. The maximum absolute atomic E-state index is 11.7. The van der Waals surface area contributed by atoms with E-state index < -0.39 is 18.7 Å².